The number of nitrogens with zero attached hydrogens (tertiary/aromatic N) is 3. The third-order valence-corrected chi connectivity index (χ3v) is 3.85. The normalized spacial score (nSPS) is 16.0. The molecule has 1 amide bonds. The summed E-state index contributed by atoms with van der Waals surface area (Å²) in [6.45, 7) is 3.30. The van der Waals surface area contributed by atoms with Crippen molar-refractivity contribution in [1.82, 2.24) is 9.80 Å². The highest BCUT2D eigenvalue weighted by Crippen LogP contribution is 2.24. The first-order valence-electron chi connectivity index (χ1n) is 6.54. The molecule has 8 heteroatoms. The van der Waals surface area contributed by atoms with Gasteiger partial charge >= 0.3 is 0 Å². The van der Waals surface area contributed by atoms with Gasteiger partial charge in [0.05, 0.1) is 4.92 Å². The molecule has 0 aliphatic carbocycles. The quantitative estimate of drug-likeness (QED) is 0.482. The predicted molar refractivity (Wildman–Crippen MR) is 81.2 cm³/mol. The zero-order valence-electron chi connectivity index (χ0n) is 11.3. The lowest BCUT2D eigenvalue weighted by Gasteiger charge is -2.34. The molecule has 1 aromatic rings. The van der Waals surface area contributed by atoms with Gasteiger partial charge in [-0.25, -0.2) is 0 Å². The van der Waals surface area contributed by atoms with Crippen LogP contribution in [0.15, 0.2) is 18.2 Å². The van der Waals surface area contributed by atoms with Gasteiger partial charge in [0.25, 0.3) is 11.6 Å². The summed E-state index contributed by atoms with van der Waals surface area (Å²) in [7, 11) is 0. The maximum Gasteiger partial charge on any atom is 0.283 e. The molecule has 1 heterocycles. The number of benzene rings is 1. The lowest BCUT2D eigenvalue weighted by molar-refractivity contribution is -0.385. The van der Waals surface area contributed by atoms with E-state index in [-0.39, 0.29) is 22.2 Å². The third-order valence-electron chi connectivity index (χ3n) is 3.45. The van der Waals surface area contributed by atoms with E-state index in [1.807, 2.05) is 0 Å². The smallest absolute Gasteiger partial charge is 0.283 e. The third kappa shape index (κ3) is 3.84. The Morgan fingerprint density at radius 3 is 2.52 bits per heavy atom. The Kier molecular flexibility index (Phi) is 5.39. The molecule has 0 aromatic heterocycles. The van der Waals surface area contributed by atoms with Crippen LogP contribution in [-0.4, -0.2) is 59.2 Å². The first-order chi connectivity index (χ1) is 10.0. The summed E-state index contributed by atoms with van der Waals surface area (Å²) < 4.78 is 0. The van der Waals surface area contributed by atoms with Crippen molar-refractivity contribution >= 4 is 34.8 Å². The maximum absolute atomic E-state index is 12.4. The molecule has 2 rings (SSSR count). The zero-order valence-corrected chi connectivity index (χ0v) is 12.8. The molecule has 0 atom stereocenters. The van der Waals surface area contributed by atoms with Crippen molar-refractivity contribution in [1.29, 1.82) is 0 Å². The number of rotatable bonds is 4. The number of halogens is 2. The number of amides is 1. The van der Waals surface area contributed by atoms with Crippen LogP contribution >= 0.6 is 23.2 Å². The molecule has 0 unspecified atom stereocenters. The standard InChI is InChI=1S/C13H15Cl2N3O3/c14-3-4-16-5-7-17(8-6-16)13(19)11-2-1-10(15)9-12(11)18(20)21/h1-2,9H,3-8H2. The monoisotopic (exact) mass is 331 g/mol. The van der Waals surface area contributed by atoms with Gasteiger partial charge in [0.1, 0.15) is 5.56 Å². The SMILES string of the molecule is O=C(c1ccc(Cl)cc1[N+](=O)[O-])N1CCN(CCCl)CC1. The minimum atomic E-state index is -0.580. The Morgan fingerprint density at radius 2 is 1.95 bits per heavy atom. The highest BCUT2D eigenvalue weighted by atomic mass is 35.5. The average Bonchev–Trinajstić information content (AvgIpc) is 2.47. The molecule has 1 fully saturated rings. The van der Waals surface area contributed by atoms with Crippen molar-refractivity contribution in [2.75, 3.05) is 38.6 Å². The number of nitro benzene ring substituents is 1. The van der Waals surface area contributed by atoms with Crippen molar-refractivity contribution in [3.8, 4) is 0 Å². The number of alkyl halides is 1. The van der Waals surface area contributed by atoms with Gasteiger partial charge in [0.2, 0.25) is 0 Å². The Labute approximate surface area is 132 Å². The van der Waals surface area contributed by atoms with E-state index in [1.165, 1.54) is 18.2 Å². The summed E-state index contributed by atoms with van der Waals surface area (Å²) in [6.07, 6.45) is 0. The highest BCUT2D eigenvalue weighted by molar-refractivity contribution is 6.31. The van der Waals surface area contributed by atoms with E-state index in [2.05, 4.69) is 4.90 Å². The van der Waals surface area contributed by atoms with Crippen LogP contribution in [0, 0.1) is 10.1 Å². The van der Waals surface area contributed by atoms with Crippen LogP contribution in [0.5, 0.6) is 0 Å². The number of piperazine rings is 1. The van der Waals surface area contributed by atoms with Crippen LogP contribution in [0.4, 0.5) is 5.69 Å². The van der Waals surface area contributed by atoms with Gasteiger partial charge in [-0.05, 0) is 12.1 Å². The van der Waals surface area contributed by atoms with Crippen molar-refractivity contribution in [2.45, 2.75) is 0 Å². The van der Waals surface area contributed by atoms with Gasteiger partial charge in [0, 0.05) is 49.7 Å². The zero-order chi connectivity index (χ0) is 15.4. The van der Waals surface area contributed by atoms with Gasteiger partial charge < -0.3 is 4.90 Å². The van der Waals surface area contributed by atoms with Crippen molar-refractivity contribution in [3.63, 3.8) is 0 Å². The Hall–Kier alpha value is -1.37. The van der Waals surface area contributed by atoms with Crippen LogP contribution in [0.25, 0.3) is 0 Å². The lowest BCUT2D eigenvalue weighted by Crippen LogP contribution is -2.49. The Balaban J connectivity index is 2.13. The molecule has 0 spiro atoms. The summed E-state index contributed by atoms with van der Waals surface area (Å²) in [5.41, 5.74) is -0.175. The van der Waals surface area contributed by atoms with E-state index in [1.54, 1.807) is 4.90 Å². The van der Waals surface area contributed by atoms with Gasteiger partial charge in [-0.1, -0.05) is 11.6 Å². The predicted octanol–water partition coefficient (Wildman–Crippen LogP) is 2.24. The van der Waals surface area contributed by atoms with Gasteiger partial charge in [0.15, 0.2) is 0 Å². The molecule has 0 bridgehead atoms. The topological polar surface area (TPSA) is 66.7 Å². The minimum Gasteiger partial charge on any atom is -0.336 e. The largest absolute Gasteiger partial charge is 0.336 e. The van der Waals surface area contributed by atoms with Crippen molar-refractivity contribution in [3.05, 3.63) is 38.9 Å². The van der Waals surface area contributed by atoms with Crippen molar-refractivity contribution < 1.29 is 9.72 Å². The average molecular weight is 332 g/mol. The van der Waals surface area contributed by atoms with Crippen LogP contribution in [0.1, 0.15) is 10.4 Å². The molecular weight excluding hydrogens is 317 g/mol. The van der Waals surface area contributed by atoms with E-state index in [0.29, 0.717) is 19.0 Å². The molecule has 1 aromatic carbocycles. The van der Waals surface area contributed by atoms with E-state index in [0.717, 1.165) is 19.6 Å². The Morgan fingerprint density at radius 1 is 1.29 bits per heavy atom. The molecule has 0 saturated carbocycles. The van der Waals surface area contributed by atoms with E-state index in [4.69, 9.17) is 23.2 Å². The minimum absolute atomic E-state index is 0.0789. The number of carbonyl (C=O) groups is 1. The summed E-state index contributed by atoms with van der Waals surface area (Å²) in [5, 5.41) is 11.3. The van der Waals surface area contributed by atoms with Gasteiger partial charge in [-0.2, -0.15) is 0 Å². The molecule has 0 radical (unpaired) electrons. The van der Waals surface area contributed by atoms with Crippen LogP contribution in [0.3, 0.4) is 0 Å². The fourth-order valence-corrected chi connectivity index (χ4v) is 2.71. The fraction of sp³-hybridized carbons (Fsp3) is 0.462. The molecular formula is C13H15Cl2N3O3. The molecule has 1 aliphatic rings. The molecule has 21 heavy (non-hydrogen) atoms. The van der Waals surface area contributed by atoms with Crippen LogP contribution in [0.2, 0.25) is 5.02 Å². The second kappa shape index (κ2) is 7.06. The van der Waals surface area contributed by atoms with Crippen LogP contribution in [-0.2, 0) is 0 Å². The Bertz CT molecular complexity index is 545. The first-order valence-corrected chi connectivity index (χ1v) is 7.45. The summed E-state index contributed by atoms with van der Waals surface area (Å²) >= 11 is 11.4. The van der Waals surface area contributed by atoms with E-state index >= 15 is 0 Å². The number of carbonyl (C=O) groups excluding carboxylic acids is 1. The number of hydrogen-bond donors (Lipinski definition) is 0. The first kappa shape index (κ1) is 16.0. The molecule has 0 N–H and O–H groups in total. The second-order valence-electron chi connectivity index (χ2n) is 4.74. The van der Waals surface area contributed by atoms with Gasteiger partial charge in [-0.15, -0.1) is 11.6 Å². The lowest BCUT2D eigenvalue weighted by atomic mass is 10.1. The fourth-order valence-electron chi connectivity index (χ4n) is 2.30. The summed E-state index contributed by atoms with van der Waals surface area (Å²) in [4.78, 5) is 26.7. The van der Waals surface area contributed by atoms with E-state index < -0.39 is 4.92 Å². The second-order valence-corrected chi connectivity index (χ2v) is 5.56. The number of hydrogen-bond acceptors (Lipinski definition) is 4. The molecule has 1 aliphatic heterocycles. The van der Waals surface area contributed by atoms with Gasteiger partial charge in [-0.3, -0.25) is 19.8 Å². The summed E-state index contributed by atoms with van der Waals surface area (Å²) in [5.74, 6) is 0.222. The van der Waals surface area contributed by atoms with E-state index in [9.17, 15) is 14.9 Å². The number of nitro groups is 1. The molecule has 114 valence electrons. The summed E-state index contributed by atoms with van der Waals surface area (Å²) in [6, 6.07) is 4.11. The van der Waals surface area contributed by atoms with Crippen LogP contribution < -0.4 is 0 Å². The molecule has 1 saturated heterocycles. The maximum atomic E-state index is 12.4. The highest BCUT2D eigenvalue weighted by Gasteiger charge is 2.27. The van der Waals surface area contributed by atoms with Crippen molar-refractivity contribution in [2.24, 2.45) is 0 Å². The molecule has 6 nitrogen and oxygen atoms in total.